The van der Waals surface area contributed by atoms with Gasteiger partial charge in [-0.05, 0) is 6.04 Å². The summed E-state index contributed by atoms with van der Waals surface area (Å²) >= 11 is 0. The Bertz CT molecular complexity index is 68.7. The van der Waals surface area contributed by atoms with Crippen LogP contribution in [-0.4, -0.2) is 8.80 Å². The monoisotopic (exact) mass is 111 g/mol. The Kier molecular flexibility index (Phi) is 3.82. The summed E-state index contributed by atoms with van der Waals surface area (Å²) in [5.41, 5.74) is 0. The van der Waals surface area contributed by atoms with E-state index in [0.717, 1.165) is 6.42 Å². The largest absolute Gasteiger partial charge is 0.120 e. The van der Waals surface area contributed by atoms with Crippen molar-refractivity contribution >= 4 is 8.80 Å². The third-order valence-corrected chi connectivity index (χ3v) is 2.02. The molecule has 0 N–H and O–H groups in total. The van der Waals surface area contributed by atoms with Crippen LogP contribution in [0.5, 0.6) is 0 Å². The Labute approximate surface area is 47.5 Å². The molecular weight excluding hydrogens is 100 g/mol. The van der Waals surface area contributed by atoms with Crippen molar-refractivity contribution in [1.29, 1.82) is 0 Å². The Hall–Kier alpha value is -0.223. The van der Waals surface area contributed by atoms with Crippen molar-refractivity contribution in [3.05, 3.63) is 0 Å². The topological polar surface area (TPSA) is 0 Å². The van der Waals surface area contributed by atoms with Crippen LogP contribution in [0.4, 0.5) is 0 Å². The van der Waals surface area contributed by atoms with Gasteiger partial charge in [0.15, 0.2) is 0 Å². The summed E-state index contributed by atoms with van der Waals surface area (Å²) < 4.78 is 0. The van der Waals surface area contributed by atoms with Gasteiger partial charge in [0.1, 0.15) is 0 Å². The van der Waals surface area contributed by atoms with E-state index in [1.54, 1.807) is 0 Å². The van der Waals surface area contributed by atoms with Gasteiger partial charge in [0.05, 0.1) is 0 Å². The molecular formula is C6H11Si. The van der Waals surface area contributed by atoms with E-state index in [1.807, 2.05) is 0 Å². The van der Waals surface area contributed by atoms with Gasteiger partial charge >= 0.3 is 0 Å². The standard InChI is InChI=1S/C6H11Si/c1-4-5-6-7(2)3/h1H,5-6H2,2-3H3. The molecule has 0 unspecified atom stereocenters. The molecule has 1 heteroatoms. The first-order valence-electron chi connectivity index (χ1n) is 2.50. The van der Waals surface area contributed by atoms with E-state index in [1.165, 1.54) is 6.04 Å². The molecule has 0 aromatic rings. The highest BCUT2D eigenvalue weighted by Gasteiger charge is 1.90. The summed E-state index contributed by atoms with van der Waals surface area (Å²) in [6, 6.07) is 1.27. The van der Waals surface area contributed by atoms with Crippen LogP contribution >= 0.6 is 0 Å². The van der Waals surface area contributed by atoms with Crippen molar-refractivity contribution < 1.29 is 0 Å². The minimum absolute atomic E-state index is 0.0398. The predicted octanol–water partition coefficient (Wildman–Crippen LogP) is 1.76. The fraction of sp³-hybridized carbons (Fsp3) is 0.667. The Morgan fingerprint density at radius 2 is 2.14 bits per heavy atom. The molecule has 0 aliphatic rings. The lowest BCUT2D eigenvalue weighted by molar-refractivity contribution is 1.23. The molecule has 1 radical (unpaired) electrons. The molecule has 0 aliphatic carbocycles. The molecule has 0 bridgehead atoms. The van der Waals surface area contributed by atoms with Crippen LogP contribution in [0.2, 0.25) is 19.1 Å². The van der Waals surface area contributed by atoms with E-state index < -0.39 is 0 Å². The van der Waals surface area contributed by atoms with Crippen LogP contribution < -0.4 is 0 Å². The molecule has 0 atom stereocenters. The average Bonchev–Trinajstić information content (AvgIpc) is 1.61. The molecule has 0 aliphatic heterocycles. The molecule has 0 fully saturated rings. The summed E-state index contributed by atoms with van der Waals surface area (Å²) in [5.74, 6) is 2.62. The van der Waals surface area contributed by atoms with Crippen molar-refractivity contribution in [2.24, 2.45) is 0 Å². The van der Waals surface area contributed by atoms with Gasteiger partial charge in [-0.25, -0.2) is 0 Å². The highest BCUT2D eigenvalue weighted by atomic mass is 28.3. The summed E-state index contributed by atoms with van der Waals surface area (Å²) in [7, 11) is -0.0398. The second-order valence-electron chi connectivity index (χ2n) is 1.91. The third kappa shape index (κ3) is 5.78. The average molecular weight is 111 g/mol. The van der Waals surface area contributed by atoms with Crippen LogP contribution in [0.3, 0.4) is 0 Å². The minimum Gasteiger partial charge on any atom is -0.120 e. The number of hydrogen-bond acceptors (Lipinski definition) is 0. The van der Waals surface area contributed by atoms with E-state index in [4.69, 9.17) is 6.42 Å². The molecule has 0 nitrogen and oxygen atoms in total. The molecule has 0 spiro atoms. The van der Waals surface area contributed by atoms with Crippen molar-refractivity contribution in [1.82, 2.24) is 0 Å². The quantitative estimate of drug-likeness (QED) is 0.376. The van der Waals surface area contributed by atoms with Crippen molar-refractivity contribution in [2.45, 2.75) is 25.6 Å². The maximum atomic E-state index is 5.04. The first-order chi connectivity index (χ1) is 3.27. The minimum atomic E-state index is -0.0398. The Morgan fingerprint density at radius 1 is 1.57 bits per heavy atom. The highest BCUT2D eigenvalue weighted by molar-refractivity contribution is 6.55. The molecule has 0 amide bonds. The molecule has 0 heterocycles. The third-order valence-electron chi connectivity index (χ3n) is 0.769. The molecule has 0 saturated carbocycles. The maximum absolute atomic E-state index is 5.04. The van der Waals surface area contributed by atoms with Crippen LogP contribution in [-0.2, 0) is 0 Å². The Balaban J connectivity index is 2.86. The van der Waals surface area contributed by atoms with Crippen LogP contribution in [0.15, 0.2) is 0 Å². The van der Waals surface area contributed by atoms with Crippen molar-refractivity contribution in [3.8, 4) is 12.3 Å². The lowest BCUT2D eigenvalue weighted by atomic mass is 10.5. The SMILES string of the molecule is C#CCC[Si](C)C. The summed E-state index contributed by atoms with van der Waals surface area (Å²) in [6.45, 7) is 4.56. The van der Waals surface area contributed by atoms with E-state index >= 15 is 0 Å². The first-order valence-corrected chi connectivity index (χ1v) is 5.20. The zero-order valence-corrected chi connectivity index (χ0v) is 5.99. The smallest absolute Gasteiger partial charge is 0.0422 e. The molecule has 0 aromatic heterocycles. The van der Waals surface area contributed by atoms with E-state index in [9.17, 15) is 0 Å². The van der Waals surface area contributed by atoms with E-state index in [2.05, 4.69) is 19.0 Å². The highest BCUT2D eigenvalue weighted by Crippen LogP contribution is 1.93. The Morgan fingerprint density at radius 3 is 2.29 bits per heavy atom. The van der Waals surface area contributed by atoms with Gasteiger partial charge in [0.25, 0.3) is 0 Å². The van der Waals surface area contributed by atoms with Crippen LogP contribution in [0, 0.1) is 12.3 Å². The summed E-state index contributed by atoms with van der Waals surface area (Å²) in [6.07, 6.45) is 6.02. The van der Waals surface area contributed by atoms with Gasteiger partial charge in [0.2, 0.25) is 0 Å². The molecule has 39 valence electrons. The van der Waals surface area contributed by atoms with E-state index in [0.29, 0.717) is 0 Å². The fourth-order valence-electron chi connectivity index (χ4n) is 0.322. The first kappa shape index (κ1) is 6.78. The predicted molar refractivity (Wildman–Crippen MR) is 35.7 cm³/mol. The van der Waals surface area contributed by atoms with Gasteiger partial charge in [0, 0.05) is 15.2 Å². The van der Waals surface area contributed by atoms with Gasteiger partial charge in [-0.15, -0.1) is 12.3 Å². The zero-order valence-electron chi connectivity index (χ0n) is 4.99. The van der Waals surface area contributed by atoms with E-state index in [-0.39, 0.29) is 8.80 Å². The lowest BCUT2D eigenvalue weighted by Crippen LogP contribution is -1.96. The van der Waals surface area contributed by atoms with Gasteiger partial charge < -0.3 is 0 Å². The lowest BCUT2D eigenvalue weighted by Gasteiger charge is -1.93. The summed E-state index contributed by atoms with van der Waals surface area (Å²) in [4.78, 5) is 0. The van der Waals surface area contributed by atoms with Gasteiger partial charge in [-0.2, -0.15) is 0 Å². The molecule has 7 heavy (non-hydrogen) atoms. The second kappa shape index (κ2) is 3.95. The maximum Gasteiger partial charge on any atom is 0.0422 e. The summed E-state index contributed by atoms with van der Waals surface area (Å²) in [5, 5.41) is 0. The second-order valence-corrected chi connectivity index (χ2v) is 4.83. The molecule has 0 aromatic carbocycles. The number of rotatable bonds is 2. The number of terminal acetylenes is 1. The van der Waals surface area contributed by atoms with Gasteiger partial charge in [-0.1, -0.05) is 13.1 Å². The molecule has 0 rings (SSSR count). The van der Waals surface area contributed by atoms with Gasteiger partial charge in [-0.3, -0.25) is 0 Å². The van der Waals surface area contributed by atoms with Crippen molar-refractivity contribution in [3.63, 3.8) is 0 Å². The van der Waals surface area contributed by atoms with Crippen molar-refractivity contribution in [2.75, 3.05) is 0 Å². The normalized spacial score (nSPS) is 8.86. The number of hydrogen-bond donors (Lipinski definition) is 0. The fourth-order valence-corrected chi connectivity index (χ4v) is 0.967. The van der Waals surface area contributed by atoms with Crippen LogP contribution in [0.1, 0.15) is 6.42 Å². The van der Waals surface area contributed by atoms with Crippen LogP contribution in [0.25, 0.3) is 0 Å². The molecule has 0 saturated heterocycles. The zero-order chi connectivity index (χ0) is 5.70.